The van der Waals surface area contributed by atoms with Crippen LogP contribution in [0.1, 0.15) is 36.2 Å². The van der Waals surface area contributed by atoms with Crippen molar-refractivity contribution in [1.29, 1.82) is 0 Å². The molecule has 3 nitrogen and oxygen atoms in total. The summed E-state index contributed by atoms with van der Waals surface area (Å²) in [5.74, 6) is 0. The zero-order valence-electron chi connectivity index (χ0n) is 11.2. The summed E-state index contributed by atoms with van der Waals surface area (Å²) in [6.45, 7) is 5.08. The van der Waals surface area contributed by atoms with Crippen LogP contribution in [0.4, 0.5) is 0 Å². The van der Waals surface area contributed by atoms with E-state index in [1.165, 1.54) is 0 Å². The predicted octanol–water partition coefficient (Wildman–Crippen LogP) is 3.53. The van der Waals surface area contributed by atoms with Crippen LogP contribution in [0, 0.1) is 6.92 Å². The van der Waals surface area contributed by atoms with Crippen molar-refractivity contribution in [2.45, 2.75) is 26.3 Å². The van der Waals surface area contributed by atoms with Gasteiger partial charge in [-0.3, -0.25) is 0 Å². The molecule has 1 aromatic carbocycles. The normalized spacial score (nSPS) is 12.4. The van der Waals surface area contributed by atoms with Crippen molar-refractivity contribution < 1.29 is 0 Å². The first-order chi connectivity index (χ1) is 9.22. The van der Waals surface area contributed by atoms with E-state index in [1.807, 2.05) is 25.1 Å². The van der Waals surface area contributed by atoms with Gasteiger partial charge < -0.3 is 5.32 Å². The summed E-state index contributed by atoms with van der Waals surface area (Å²) < 4.78 is 0. The Hall–Kier alpha value is -1.45. The van der Waals surface area contributed by atoms with Gasteiger partial charge in [-0.15, -0.1) is 0 Å². The Bertz CT molecular complexity index is 528. The number of halogens is 1. The van der Waals surface area contributed by atoms with Gasteiger partial charge in [0.15, 0.2) is 0 Å². The van der Waals surface area contributed by atoms with Gasteiger partial charge in [-0.25, -0.2) is 9.97 Å². The summed E-state index contributed by atoms with van der Waals surface area (Å²) in [6.07, 6.45) is 4.41. The van der Waals surface area contributed by atoms with Crippen LogP contribution >= 0.6 is 11.6 Å². The molecule has 1 unspecified atom stereocenters. The zero-order chi connectivity index (χ0) is 13.7. The summed E-state index contributed by atoms with van der Waals surface area (Å²) in [5, 5.41) is 4.29. The summed E-state index contributed by atoms with van der Waals surface area (Å²) in [6, 6.07) is 8.13. The van der Waals surface area contributed by atoms with Crippen molar-refractivity contribution in [3.05, 3.63) is 58.6 Å². The molecule has 2 aromatic rings. The molecule has 0 bridgehead atoms. The van der Waals surface area contributed by atoms with Gasteiger partial charge in [-0.1, -0.05) is 30.7 Å². The summed E-state index contributed by atoms with van der Waals surface area (Å²) >= 11 is 6.22. The van der Waals surface area contributed by atoms with E-state index in [2.05, 4.69) is 28.3 Å². The molecular weight excluding hydrogens is 258 g/mol. The largest absolute Gasteiger partial charge is 0.305 e. The van der Waals surface area contributed by atoms with Crippen LogP contribution in [0.2, 0.25) is 5.02 Å². The Morgan fingerprint density at radius 1 is 1.32 bits per heavy atom. The number of nitrogens with one attached hydrogen (secondary N) is 1. The second-order valence-electron chi connectivity index (χ2n) is 4.53. The third-order valence-electron chi connectivity index (χ3n) is 3.03. The van der Waals surface area contributed by atoms with Crippen LogP contribution in [0.5, 0.6) is 0 Å². The number of hydrogen-bond acceptors (Lipinski definition) is 3. The summed E-state index contributed by atoms with van der Waals surface area (Å²) in [5.41, 5.74) is 3.17. The van der Waals surface area contributed by atoms with Gasteiger partial charge in [0.05, 0.1) is 11.7 Å². The number of rotatable bonds is 5. The SMILES string of the molecule is CCCNC(c1ccc(C)c(Cl)c1)c1ccncn1. The van der Waals surface area contributed by atoms with Crippen LogP contribution in [-0.4, -0.2) is 16.5 Å². The highest BCUT2D eigenvalue weighted by molar-refractivity contribution is 6.31. The van der Waals surface area contributed by atoms with Gasteiger partial charge in [0.2, 0.25) is 0 Å². The van der Waals surface area contributed by atoms with Crippen LogP contribution < -0.4 is 5.32 Å². The van der Waals surface area contributed by atoms with Gasteiger partial charge in [0.1, 0.15) is 6.33 Å². The topological polar surface area (TPSA) is 37.8 Å². The van der Waals surface area contributed by atoms with E-state index in [-0.39, 0.29) is 6.04 Å². The van der Waals surface area contributed by atoms with Crippen molar-refractivity contribution in [1.82, 2.24) is 15.3 Å². The molecule has 0 amide bonds. The van der Waals surface area contributed by atoms with E-state index in [0.717, 1.165) is 34.8 Å². The zero-order valence-corrected chi connectivity index (χ0v) is 12.0. The molecule has 0 fully saturated rings. The fourth-order valence-corrected chi connectivity index (χ4v) is 2.13. The average molecular weight is 276 g/mol. The van der Waals surface area contributed by atoms with Crippen LogP contribution in [0.3, 0.4) is 0 Å². The first-order valence-corrected chi connectivity index (χ1v) is 6.85. The number of benzene rings is 1. The Kier molecular flexibility index (Phi) is 4.88. The molecule has 4 heteroatoms. The monoisotopic (exact) mass is 275 g/mol. The molecule has 0 aliphatic rings. The molecule has 0 radical (unpaired) electrons. The molecular formula is C15H18ClN3. The molecule has 2 rings (SSSR count). The maximum atomic E-state index is 6.22. The highest BCUT2D eigenvalue weighted by Crippen LogP contribution is 2.25. The number of nitrogens with zero attached hydrogens (tertiary/aromatic N) is 2. The molecule has 1 aromatic heterocycles. The molecule has 1 atom stereocenters. The van der Waals surface area contributed by atoms with Gasteiger partial charge in [-0.05, 0) is 43.1 Å². The van der Waals surface area contributed by atoms with Crippen molar-refractivity contribution in [2.75, 3.05) is 6.54 Å². The predicted molar refractivity (Wildman–Crippen MR) is 78.4 cm³/mol. The molecule has 0 aliphatic heterocycles. The summed E-state index contributed by atoms with van der Waals surface area (Å²) in [7, 11) is 0. The van der Waals surface area contributed by atoms with E-state index >= 15 is 0 Å². The lowest BCUT2D eigenvalue weighted by Gasteiger charge is -2.19. The van der Waals surface area contributed by atoms with Crippen molar-refractivity contribution in [3.63, 3.8) is 0 Å². The van der Waals surface area contributed by atoms with E-state index in [9.17, 15) is 0 Å². The second-order valence-corrected chi connectivity index (χ2v) is 4.94. The molecule has 1 N–H and O–H groups in total. The Balaban J connectivity index is 2.34. The molecule has 100 valence electrons. The lowest BCUT2D eigenvalue weighted by molar-refractivity contribution is 0.585. The minimum absolute atomic E-state index is 0.0565. The number of aromatic nitrogens is 2. The second kappa shape index (κ2) is 6.64. The van der Waals surface area contributed by atoms with E-state index in [0.29, 0.717) is 0 Å². The highest BCUT2D eigenvalue weighted by Gasteiger charge is 2.15. The number of hydrogen-bond donors (Lipinski definition) is 1. The van der Waals surface area contributed by atoms with Crippen LogP contribution in [0.15, 0.2) is 36.8 Å². The first-order valence-electron chi connectivity index (χ1n) is 6.47. The smallest absolute Gasteiger partial charge is 0.115 e. The highest BCUT2D eigenvalue weighted by atomic mass is 35.5. The van der Waals surface area contributed by atoms with Gasteiger partial charge in [0.25, 0.3) is 0 Å². The maximum Gasteiger partial charge on any atom is 0.115 e. The Morgan fingerprint density at radius 3 is 2.79 bits per heavy atom. The third kappa shape index (κ3) is 3.52. The van der Waals surface area contributed by atoms with Crippen LogP contribution in [-0.2, 0) is 0 Å². The quantitative estimate of drug-likeness (QED) is 0.907. The van der Waals surface area contributed by atoms with E-state index < -0.39 is 0 Å². The van der Waals surface area contributed by atoms with E-state index in [1.54, 1.807) is 12.5 Å². The molecule has 1 heterocycles. The summed E-state index contributed by atoms with van der Waals surface area (Å²) in [4.78, 5) is 8.31. The number of aryl methyl sites for hydroxylation is 1. The standard InChI is InChI=1S/C15H18ClN3/c1-3-7-18-15(14-6-8-17-10-19-14)12-5-4-11(2)13(16)9-12/h4-6,8-10,15,18H,3,7H2,1-2H3. The van der Waals surface area contributed by atoms with Crippen molar-refractivity contribution in [3.8, 4) is 0 Å². The lowest BCUT2D eigenvalue weighted by atomic mass is 10.0. The fraction of sp³-hybridized carbons (Fsp3) is 0.333. The average Bonchev–Trinajstić information content (AvgIpc) is 2.44. The van der Waals surface area contributed by atoms with Crippen molar-refractivity contribution >= 4 is 11.6 Å². The van der Waals surface area contributed by atoms with Gasteiger partial charge in [0, 0.05) is 11.2 Å². The lowest BCUT2D eigenvalue weighted by Crippen LogP contribution is -2.24. The van der Waals surface area contributed by atoms with Crippen LogP contribution in [0.25, 0.3) is 0 Å². The van der Waals surface area contributed by atoms with Gasteiger partial charge >= 0.3 is 0 Å². The van der Waals surface area contributed by atoms with Gasteiger partial charge in [-0.2, -0.15) is 0 Å². The minimum Gasteiger partial charge on any atom is -0.305 e. The Morgan fingerprint density at radius 2 is 2.16 bits per heavy atom. The fourth-order valence-electron chi connectivity index (χ4n) is 1.94. The maximum absolute atomic E-state index is 6.22. The first kappa shape index (κ1) is 14.0. The van der Waals surface area contributed by atoms with Crippen molar-refractivity contribution in [2.24, 2.45) is 0 Å². The molecule has 0 saturated carbocycles. The molecule has 19 heavy (non-hydrogen) atoms. The van der Waals surface area contributed by atoms with E-state index in [4.69, 9.17) is 11.6 Å². The molecule has 0 saturated heterocycles. The Labute approximate surface area is 119 Å². The molecule has 0 aliphatic carbocycles. The molecule has 0 spiro atoms. The third-order valence-corrected chi connectivity index (χ3v) is 3.44. The minimum atomic E-state index is 0.0565.